The number of ether oxygens (including phenoxy) is 1. The molecule has 88 valence electrons. The number of likely N-dealkylation sites (N-methyl/N-ethyl adjacent to an activating group) is 1. The van der Waals surface area contributed by atoms with Gasteiger partial charge in [-0.25, -0.2) is 0 Å². The fourth-order valence-corrected chi connectivity index (χ4v) is 1.45. The van der Waals surface area contributed by atoms with Crippen LogP contribution >= 0.6 is 11.6 Å². The fraction of sp³-hybridized carbons (Fsp3) is 0.300. The SMILES string of the molecule is CNCC(=O)c1cc(Cl)c(O)c(F)c1OC. The average Bonchev–Trinajstić information content (AvgIpc) is 2.26. The average molecular weight is 248 g/mol. The first-order valence-corrected chi connectivity index (χ1v) is 4.83. The van der Waals surface area contributed by atoms with E-state index < -0.39 is 11.6 Å². The lowest BCUT2D eigenvalue weighted by Gasteiger charge is -2.10. The number of phenols is 1. The van der Waals surface area contributed by atoms with Crippen LogP contribution in [0, 0.1) is 5.82 Å². The summed E-state index contributed by atoms with van der Waals surface area (Å²) < 4.78 is 18.2. The lowest BCUT2D eigenvalue weighted by Crippen LogP contribution is -2.19. The third-order valence-electron chi connectivity index (χ3n) is 1.99. The lowest BCUT2D eigenvalue weighted by molar-refractivity contribution is 0.0989. The molecule has 0 spiro atoms. The molecule has 0 unspecified atom stereocenters. The molecule has 2 N–H and O–H groups in total. The predicted octanol–water partition coefficient (Wildman–Crippen LogP) is 1.60. The van der Waals surface area contributed by atoms with E-state index in [4.69, 9.17) is 16.3 Å². The first-order valence-electron chi connectivity index (χ1n) is 4.45. The number of halogens is 2. The van der Waals surface area contributed by atoms with Crippen LogP contribution in [0.15, 0.2) is 6.07 Å². The molecule has 0 saturated heterocycles. The normalized spacial score (nSPS) is 10.2. The molecule has 0 atom stereocenters. The van der Waals surface area contributed by atoms with Gasteiger partial charge in [-0.3, -0.25) is 4.79 Å². The third kappa shape index (κ3) is 2.25. The van der Waals surface area contributed by atoms with Gasteiger partial charge in [0.25, 0.3) is 0 Å². The second-order valence-corrected chi connectivity index (χ2v) is 3.46. The summed E-state index contributed by atoms with van der Waals surface area (Å²) in [6, 6.07) is 1.18. The van der Waals surface area contributed by atoms with Gasteiger partial charge >= 0.3 is 0 Å². The number of nitrogens with one attached hydrogen (secondary N) is 1. The zero-order chi connectivity index (χ0) is 12.3. The summed E-state index contributed by atoms with van der Waals surface area (Å²) in [5.74, 6) is -2.43. The van der Waals surface area contributed by atoms with E-state index >= 15 is 0 Å². The highest BCUT2D eigenvalue weighted by Crippen LogP contribution is 2.36. The summed E-state index contributed by atoms with van der Waals surface area (Å²) in [5, 5.41) is 11.7. The van der Waals surface area contributed by atoms with Crippen LogP contribution in [-0.2, 0) is 0 Å². The van der Waals surface area contributed by atoms with Gasteiger partial charge < -0.3 is 15.2 Å². The van der Waals surface area contributed by atoms with E-state index in [1.807, 2.05) is 0 Å². The summed E-state index contributed by atoms with van der Waals surface area (Å²) in [4.78, 5) is 11.6. The van der Waals surface area contributed by atoms with Crippen molar-refractivity contribution in [1.29, 1.82) is 0 Å². The topological polar surface area (TPSA) is 58.6 Å². The predicted molar refractivity (Wildman–Crippen MR) is 57.9 cm³/mol. The number of ketones is 1. The van der Waals surface area contributed by atoms with Crippen molar-refractivity contribution in [2.24, 2.45) is 0 Å². The summed E-state index contributed by atoms with van der Waals surface area (Å²) in [6.07, 6.45) is 0. The van der Waals surface area contributed by atoms with Crippen molar-refractivity contribution in [3.05, 3.63) is 22.5 Å². The number of Topliss-reactive ketones (excluding diaryl/α,β-unsaturated/α-hetero) is 1. The van der Waals surface area contributed by atoms with Gasteiger partial charge in [-0.15, -0.1) is 0 Å². The van der Waals surface area contributed by atoms with E-state index in [-0.39, 0.29) is 28.7 Å². The number of methoxy groups -OCH3 is 1. The lowest BCUT2D eigenvalue weighted by atomic mass is 10.1. The molecule has 0 aliphatic rings. The maximum absolute atomic E-state index is 13.5. The Labute approximate surface area is 97.0 Å². The zero-order valence-electron chi connectivity index (χ0n) is 8.80. The summed E-state index contributed by atoms with van der Waals surface area (Å²) in [6.45, 7) is 0.0247. The summed E-state index contributed by atoms with van der Waals surface area (Å²) in [5.41, 5.74) is -0.00264. The van der Waals surface area contributed by atoms with E-state index in [0.717, 1.165) is 0 Å². The molecule has 1 aromatic carbocycles. The Kier molecular flexibility index (Phi) is 4.09. The minimum absolute atomic E-state index is 0.00264. The van der Waals surface area contributed by atoms with Gasteiger partial charge in [-0.05, 0) is 13.1 Å². The number of rotatable bonds is 4. The number of phenolic OH excluding ortho intramolecular Hbond substituents is 1. The quantitative estimate of drug-likeness (QED) is 0.794. The minimum Gasteiger partial charge on any atom is -0.504 e. The molecule has 0 aromatic heterocycles. The first-order chi connectivity index (χ1) is 7.52. The van der Waals surface area contributed by atoms with Crippen LogP contribution < -0.4 is 10.1 Å². The molecule has 4 nitrogen and oxygen atoms in total. The molecule has 0 aliphatic heterocycles. The van der Waals surface area contributed by atoms with Gasteiger partial charge in [-0.2, -0.15) is 4.39 Å². The van der Waals surface area contributed by atoms with Gasteiger partial charge in [0.1, 0.15) is 0 Å². The fourth-order valence-electron chi connectivity index (χ4n) is 1.25. The highest BCUT2D eigenvalue weighted by molar-refractivity contribution is 6.32. The van der Waals surface area contributed by atoms with Crippen LogP contribution in [0.4, 0.5) is 4.39 Å². The third-order valence-corrected chi connectivity index (χ3v) is 2.28. The molecule has 0 fully saturated rings. The van der Waals surface area contributed by atoms with E-state index in [1.165, 1.54) is 13.2 Å². The van der Waals surface area contributed by atoms with Crippen LogP contribution in [0.25, 0.3) is 0 Å². The van der Waals surface area contributed by atoms with Crippen LogP contribution in [0.3, 0.4) is 0 Å². The van der Waals surface area contributed by atoms with Gasteiger partial charge in [0.15, 0.2) is 17.3 Å². The molecular weight excluding hydrogens is 237 g/mol. The number of carbonyl (C=O) groups excluding carboxylic acids is 1. The maximum atomic E-state index is 13.5. The molecule has 16 heavy (non-hydrogen) atoms. The molecule has 1 rings (SSSR count). The molecule has 0 amide bonds. The second kappa shape index (κ2) is 5.14. The van der Waals surface area contributed by atoms with Gasteiger partial charge in [0.2, 0.25) is 5.82 Å². The highest BCUT2D eigenvalue weighted by Gasteiger charge is 2.21. The summed E-state index contributed by atoms with van der Waals surface area (Å²) in [7, 11) is 2.80. The van der Waals surface area contributed by atoms with Crippen molar-refractivity contribution in [2.75, 3.05) is 20.7 Å². The van der Waals surface area contributed by atoms with Crippen LogP contribution in [0.2, 0.25) is 5.02 Å². The number of hydrogen-bond donors (Lipinski definition) is 2. The smallest absolute Gasteiger partial charge is 0.208 e. The van der Waals surface area contributed by atoms with Crippen molar-refractivity contribution >= 4 is 17.4 Å². The Morgan fingerprint density at radius 2 is 2.31 bits per heavy atom. The Morgan fingerprint density at radius 3 is 2.81 bits per heavy atom. The molecule has 6 heteroatoms. The number of aromatic hydroxyl groups is 1. The molecule has 0 bridgehead atoms. The van der Waals surface area contributed by atoms with Crippen molar-refractivity contribution < 1.29 is 19.0 Å². The highest BCUT2D eigenvalue weighted by atomic mass is 35.5. The Balaban J connectivity index is 3.33. The van der Waals surface area contributed by atoms with E-state index in [2.05, 4.69) is 5.32 Å². The minimum atomic E-state index is -1.03. The molecular formula is C10H11ClFNO3. The molecule has 0 heterocycles. The van der Waals surface area contributed by atoms with Gasteiger partial charge in [0.05, 0.1) is 24.2 Å². The van der Waals surface area contributed by atoms with Crippen molar-refractivity contribution in [3.8, 4) is 11.5 Å². The molecule has 0 aliphatic carbocycles. The Hall–Kier alpha value is -1.33. The molecule has 0 saturated carbocycles. The Bertz CT molecular complexity index is 423. The largest absolute Gasteiger partial charge is 0.504 e. The van der Waals surface area contributed by atoms with Gasteiger partial charge in [-0.1, -0.05) is 11.6 Å². The maximum Gasteiger partial charge on any atom is 0.208 e. The molecule has 1 aromatic rings. The van der Waals surface area contributed by atoms with E-state index in [1.54, 1.807) is 7.05 Å². The second-order valence-electron chi connectivity index (χ2n) is 3.06. The van der Waals surface area contributed by atoms with Crippen LogP contribution in [0.5, 0.6) is 11.5 Å². The number of benzene rings is 1. The number of carbonyl (C=O) groups is 1. The van der Waals surface area contributed by atoms with Crippen molar-refractivity contribution in [3.63, 3.8) is 0 Å². The molecule has 0 radical (unpaired) electrons. The van der Waals surface area contributed by atoms with Crippen LogP contribution in [0.1, 0.15) is 10.4 Å². The van der Waals surface area contributed by atoms with Crippen molar-refractivity contribution in [1.82, 2.24) is 5.32 Å². The standard InChI is InChI=1S/C10H11ClFNO3/c1-13-4-7(14)5-3-6(11)9(15)8(12)10(5)16-2/h3,13,15H,4H2,1-2H3. The summed E-state index contributed by atoms with van der Waals surface area (Å²) >= 11 is 5.57. The number of hydrogen-bond acceptors (Lipinski definition) is 4. The monoisotopic (exact) mass is 247 g/mol. The zero-order valence-corrected chi connectivity index (χ0v) is 9.56. The Morgan fingerprint density at radius 1 is 1.69 bits per heavy atom. The van der Waals surface area contributed by atoms with E-state index in [9.17, 15) is 14.3 Å². The first kappa shape index (κ1) is 12.7. The van der Waals surface area contributed by atoms with E-state index in [0.29, 0.717) is 0 Å². The van der Waals surface area contributed by atoms with Crippen LogP contribution in [-0.4, -0.2) is 31.6 Å². The van der Waals surface area contributed by atoms with Gasteiger partial charge in [0, 0.05) is 0 Å². The van der Waals surface area contributed by atoms with Crippen molar-refractivity contribution in [2.45, 2.75) is 0 Å².